The van der Waals surface area contributed by atoms with E-state index in [1.165, 1.54) is 13.8 Å². The van der Waals surface area contributed by atoms with Crippen LogP contribution in [0.1, 0.15) is 13.8 Å². The molecule has 21 heavy (non-hydrogen) atoms. The van der Waals surface area contributed by atoms with Gasteiger partial charge in [0, 0.05) is 12.2 Å². The molecule has 2 unspecified atom stereocenters. The second kappa shape index (κ2) is 11.1. The molecule has 9 heteroatoms. The van der Waals surface area contributed by atoms with Gasteiger partial charge in [0.15, 0.2) is 12.2 Å². The van der Waals surface area contributed by atoms with Gasteiger partial charge in [0.2, 0.25) is 0 Å². The van der Waals surface area contributed by atoms with Crippen molar-refractivity contribution in [2.75, 3.05) is 14.2 Å². The summed E-state index contributed by atoms with van der Waals surface area (Å²) in [5.41, 5.74) is 0. The first-order valence-electron chi connectivity index (χ1n) is 5.56. The van der Waals surface area contributed by atoms with E-state index in [0.29, 0.717) is 0 Å². The summed E-state index contributed by atoms with van der Waals surface area (Å²) < 4.78 is 17.9. The summed E-state index contributed by atoms with van der Waals surface area (Å²) in [5, 5.41) is 0. The molecule has 0 aromatic rings. The Balaban J connectivity index is 0. The molecule has 2 atom stereocenters. The average molecular weight is 409 g/mol. The van der Waals surface area contributed by atoms with Gasteiger partial charge in [0.25, 0.3) is 0 Å². The molecule has 0 saturated carbocycles. The topological polar surface area (TPSA) is 105 Å². The van der Waals surface area contributed by atoms with Crippen LogP contribution in [-0.4, -0.2) is 74.2 Å². The van der Waals surface area contributed by atoms with Gasteiger partial charge in [-0.3, -0.25) is 0 Å². The molecule has 0 aromatic heterocycles. The van der Waals surface area contributed by atoms with Crippen LogP contribution in [0.25, 0.3) is 0 Å². The molecule has 0 aromatic carbocycles. The zero-order chi connectivity index (χ0) is 15.7. The number of ether oxygens (including phenoxy) is 4. The van der Waals surface area contributed by atoms with Crippen LogP contribution in [0.4, 0.5) is 0 Å². The Bertz CT molecular complexity index is 379. The van der Waals surface area contributed by atoms with Crippen LogP contribution in [0, 0.1) is 0 Å². The monoisotopic (exact) mass is 410 g/mol. The maximum atomic E-state index is 11.2. The minimum absolute atomic E-state index is 0. The Morgan fingerprint density at radius 2 is 1.05 bits per heavy atom. The second-order valence-electron chi connectivity index (χ2n) is 3.54. The molecule has 0 rings (SSSR count). The summed E-state index contributed by atoms with van der Waals surface area (Å²) in [7, 11) is 2.29. The van der Waals surface area contributed by atoms with Crippen LogP contribution in [0.5, 0.6) is 0 Å². The predicted molar refractivity (Wildman–Crippen MR) is 72.8 cm³/mol. The fourth-order valence-corrected chi connectivity index (χ4v) is 0.991. The van der Waals surface area contributed by atoms with E-state index in [2.05, 4.69) is 18.9 Å². The van der Waals surface area contributed by atoms with Crippen molar-refractivity contribution in [1.29, 1.82) is 0 Å². The van der Waals surface area contributed by atoms with E-state index in [0.717, 1.165) is 26.4 Å². The third-order valence-corrected chi connectivity index (χ3v) is 2.01. The summed E-state index contributed by atoms with van der Waals surface area (Å²) in [5.74, 6) is -3.31. The molecule has 0 amide bonds. The Morgan fingerprint density at radius 1 is 0.762 bits per heavy atom. The summed E-state index contributed by atoms with van der Waals surface area (Å²) in [6, 6.07) is 0. The number of carbonyl (C=O) groups excluding carboxylic acids is 4. The molecule has 118 valence electrons. The molecule has 0 N–H and O–H groups in total. The van der Waals surface area contributed by atoms with Gasteiger partial charge in [-0.25, -0.2) is 19.2 Å². The van der Waals surface area contributed by atoms with Gasteiger partial charge in [0.1, 0.15) is 0 Å². The second-order valence-corrected chi connectivity index (χ2v) is 3.54. The number of methoxy groups -OCH3 is 2. The van der Waals surface area contributed by atoms with Crippen molar-refractivity contribution in [3.8, 4) is 0 Å². The molecule has 0 spiro atoms. The van der Waals surface area contributed by atoms with E-state index in [4.69, 9.17) is 0 Å². The number of rotatable bonds is 6. The first-order valence-corrected chi connectivity index (χ1v) is 5.56. The van der Waals surface area contributed by atoms with Gasteiger partial charge >= 0.3 is 47.8 Å². The fraction of sp³-hybridized carbons (Fsp3) is 0.500. The molecular weight excluding hydrogens is 391 g/mol. The van der Waals surface area contributed by atoms with Crippen molar-refractivity contribution in [2.45, 2.75) is 26.1 Å². The van der Waals surface area contributed by atoms with Gasteiger partial charge in [0.05, 0.1) is 14.2 Å². The van der Waals surface area contributed by atoms with Crippen molar-refractivity contribution < 1.29 is 38.1 Å². The van der Waals surface area contributed by atoms with Crippen LogP contribution in [0.15, 0.2) is 12.2 Å². The number of hydrogen-bond donors (Lipinski definition) is 0. The first-order chi connectivity index (χ1) is 9.31. The Labute approximate surface area is 138 Å². The van der Waals surface area contributed by atoms with E-state index < -0.39 is 36.1 Å². The van der Waals surface area contributed by atoms with Crippen LogP contribution < -0.4 is 0 Å². The van der Waals surface area contributed by atoms with Crippen LogP contribution in [-0.2, 0) is 38.1 Å². The molecule has 0 fully saturated rings. The molecule has 0 aliphatic rings. The maximum absolute atomic E-state index is 11.2. The molecule has 0 heterocycles. The zero-order valence-corrected chi connectivity index (χ0v) is 16.3. The van der Waals surface area contributed by atoms with Gasteiger partial charge in [-0.05, 0) is 13.8 Å². The van der Waals surface area contributed by atoms with Crippen molar-refractivity contribution in [2.24, 2.45) is 0 Å². The average Bonchev–Trinajstić information content (AvgIpc) is 2.42. The fourth-order valence-electron chi connectivity index (χ4n) is 0.991. The molecule has 2 radical (unpaired) electrons. The van der Waals surface area contributed by atoms with E-state index in [-0.39, 0.29) is 23.9 Å². The Morgan fingerprint density at radius 3 is 1.29 bits per heavy atom. The van der Waals surface area contributed by atoms with Crippen molar-refractivity contribution in [3.05, 3.63) is 12.2 Å². The van der Waals surface area contributed by atoms with Gasteiger partial charge < -0.3 is 18.9 Å². The molecular formula is C12H18O8Sn. The van der Waals surface area contributed by atoms with E-state index >= 15 is 0 Å². The predicted octanol–water partition coefficient (Wildman–Crippen LogP) is -1.16. The van der Waals surface area contributed by atoms with E-state index in [1.54, 1.807) is 0 Å². The van der Waals surface area contributed by atoms with E-state index in [1.807, 2.05) is 0 Å². The molecule has 0 aliphatic carbocycles. The van der Waals surface area contributed by atoms with Gasteiger partial charge in [-0.15, -0.1) is 0 Å². The van der Waals surface area contributed by atoms with Crippen LogP contribution >= 0.6 is 0 Å². The summed E-state index contributed by atoms with van der Waals surface area (Å²) in [6.45, 7) is 2.63. The number of hydrogen-bond acceptors (Lipinski definition) is 8. The molecule has 8 nitrogen and oxygen atoms in total. The van der Waals surface area contributed by atoms with Gasteiger partial charge in [-0.1, -0.05) is 0 Å². The molecule has 0 saturated heterocycles. The Kier molecular flexibility index (Phi) is 11.5. The quantitative estimate of drug-likeness (QED) is 0.234. The third-order valence-electron chi connectivity index (χ3n) is 2.01. The van der Waals surface area contributed by atoms with Crippen LogP contribution in [0.3, 0.4) is 0 Å². The van der Waals surface area contributed by atoms with Crippen LogP contribution in [0.2, 0.25) is 0 Å². The summed E-state index contributed by atoms with van der Waals surface area (Å²) >= 11 is 0. The SMILES string of the molecule is COC(=O)C(C)OC(=O)/C=C\C(=O)OC(C)C(=O)OC.[SnH2]. The molecule has 0 bridgehead atoms. The van der Waals surface area contributed by atoms with Crippen molar-refractivity contribution in [1.82, 2.24) is 0 Å². The van der Waals surface area contributed by atoms with E-state index in [9.17, 15) is 19.2 Å². The minimum atomic E-state index is -1.10. The van der Waals surface area contributed by atoms with Gasteiger partial charge in [-0.2, -0.15) is 0 Å². The summed E-state index contributed by atoms with van der Waals surface area (Å²) in [6.07, 6.45) is -0.651. The first kappa shape index (κ1) is 21.7. The van der Waals surface area contributed by atoms with Crippen molar-refractivity contribution in [3.63, 3.8) is 0 Å². The standard InChI is InChI=1S/C12H16O8.Sn.2H/c1-7(11(15)17-3)19-9(13)5-6-10(14)20-8(2)12(16)18-4;;;/h5-8H,1-4H3;;;/b6-5-;;;. The number of carbonyl (C=O) groups is 4. The number of esters is 4. The normalized spacial score (nSPS) is 12.6. The van der Waals surface area contributed by atoms with Crippen molar-refractivity contribution >= 4 is 47.8 Å². The third kappa shape index (κ3) is 9.05. The zero-order valence-electron chi connectivity index (χ0n) is 12.3. The Hall–Kier alpha value is -1.58. The molecule has 0 aliphatic heterocycles. The summed E-state index contributed by atoms with van der Waals surface area (Å²) in [4.78, 5) is 44.4.